The fourth-order valence-electron chi connectivity index (χ4n) is 4.50. The smallest absolute Gasteiger partial charge is 0.329 e. The molecule has 0 bridgehead atoms. The van der Waals surface area contributed by atoms with E-state index in [1.807, 2.05) is 18.2 Å². The lowest BCUT2D eigenvalue weighted by molar-refractivity contribution is -0.0977. The van der Waals surface area contributed by atoms with Crippen LogP contribution in [0, 0.1) is 0 Å². The third kappa shape index (κ3) is 3.15. The van der Waals surface area contributed by atoms with E-state index in [2.05, 4.69) is 9.97 Å². The van der Waals surface area contributed by atoms with Crippen LogP contribution in [0.25, 0.3) is 33.1 Å². The van der Waals surface area contributed by atoms with Gasteiger partial charge in [-0.15, -0.1) is 0 Å². The van der Waals surface area contributed by atoms with Gasteiger partial charge in [0.2, 0.25) is 5.88 Å². The highest BCUT2D eigenvalue weighted by Crippen LogP contribution is 2.39. The average Bonchev–Trinajstić information content (AvgIpc) is 3.09. The van der Waals surface area contributed by atoms with Gasteiger partial charge in [-0.3, -0.25) is 14.1 Å². The van der Waals surface area contributed by atoms with Crippen LogP contribution in [-0.4, -0.2) is 57.2 Å². The average molecular weight is 440 g/mol. The van der Waals surface area contributed by atoms with E-state index in [-0.39, 0.29) is 13.4 Å². The number of hydrogen-bond donors (Lipinski definition) is 0. The lowest BCUT2D eigenvalue weighted by Crippen LogP contribution is -2.49. The highest BCUT2D eigenvalue weighted by molar-refractivity contribution is 6.04. The number of imidazole rings is 1. The number of rotatable bonds is 3. The summed E-state index contributed by atoms with van der Waals surface area (Å²) in [6.45, 7) is 0.0233. The molecule has 7 nitrogen and oxygen atoms in total. The molecule has 0 aliphatic carbocycles. The molecule has 9 heteroatoms. The van der Waals surface area contributed by atoms with Gasteiger partial charge in [-0.1, -0.05) is 6.07 Å². The van der Waals surface area contributed by atoms with E-state index in [1.165, 1.54) is 22.4 Å². The van der Waals surface area contributed by atoms with Crippen LogP contribution in [0.2, 0.25) is 0 Å². The van der Waals surface area contributed by atoms with Crippen LogP contribution in [0.5, 0.6) is 5.88 Å². The number of hydrogen-bond acceptors (Lipinski definition) is 5. The summed E-state index contributed by atoms with van der Waals surface area (Å²) < 4.78 is 45.7. The van der Waals surface area contributed by atoms with Crippen LogP contribution in [0.3, 0.4) is 0 Å². The molecule has 166 valence electrons. The summed E-state index contributed by atoms with van der Waals surface area (Å²) in [4.78, 5) is 23.5. The van der Waals surface area contributed by atoms with Gasteiger partial charge in [0, 0.05) is 38.2 Å². The largest absolute Gasteiger partial charge is 0.481 e. The Labute approximate surface area is 184 Å². The maximum atomic E-state index is 15.1. The van der Waals surface area contributed by atoms with Crippen molar-refractivity contribution in [3.8, 4) is 17.0 Å². The zero-order valence-electron chi connectivity index (χ0n) is 18.8. The van der Waals surface area contributed by atoms with Gasteiger partial charge in [-0.25, -0.2) is 18.6 Å². The van der Waals surface area contributed by atoms with Crippen molar-refractivity contribution < 1.29 is 14.9 Å². The van der Waals surface area contributed by atoms with E-state index < -0.39 is 24.2 Å². The van der Waals surface area contributed by atoms with E-state index in [0.29, 0.717) is 34.4 Å². The maximum Gasteiger partial charge on any atom is 0.329 e. The number of likely N-dealkylation sites (tertiary alicyclic amines) is 1. The molecule has 1 saturated heterocycles. The molecule has 3 aromatic heterocycles. The lowest BCUT2D eigenvalue weighted by atomic mass is 10.00. The lowest BCUT2D eigenvalue weighted by Gasteiger charge is -2.37. The van der Waals surface area contributed by atoms with Crippen LogP contribution in [0.15, 0.2) is 47.5 Å². The van der Waals surface area contributed by atoms with Gasteiger partial charge in [0.05, 0.1) is 36.4 Å². The standard InChI is InChI=1S/C23H23F2N5O2/c1-28-9-8-19(23(24,25)13-28)30-21-16-10-14(15-5-7-20(32-3)27-11-15)4-6-17(16)26-12-18(21)29(2)22(30)31/h4-7,10-12,19H,8-9,13H2,1-3H3/t19-/m1/s1/i2D. The molecule has 32 heavy (non-hydrogen) atoms. The van der Waals surface area contributed by atoms with Crippen molar-refractivity contribution in [3.05, 3.63) is 53.2 Å². The minimum absolute atomic E-state index is 0.131. The number of aromatic nitrogens is 4. The second-order valence-electron chi connectivity index (χ2n) is 8.20. The van der Waals surface area contributed by atoms with E-state index in [9.17, 15) is 4.79 Å². The molecule has 1 fully saturated rings. The highest BCUT2D eigenvalue weighted by Gasteiger charge is 2.46. The fraction of sp³-hybridized carbons (Fsp3) is 0.348. The highest BCUT2D eigenvalue weighted by atomic mass is 19.3. The van der Waals surface area contributed by atoms with Gasteiger partial charge in [0.15, 0.2) is 0 Å². The summed E-state index contributed by atoms with van der Waals surface area (Å²) in [7, 11) is 2.81. The summed E-state index contributed by atoms with van der Waals surface area (Å²) in [5.74, 6) is -2.61. The molecule has 4 heterocycles. The summed E-state index contributed by atoms with van der Waals surface area (Å²) in [6.07, 6.45) is 3.29. The van der Waals surface area contributed by atoms with Crippen molar-refractivity contribution in [2.24, 2.45) is 7.02 Å². The second-order valence-corrected chi connectivity index (χ2v) is 8.20. The van der Waals surface area contributed by atoms with Gasteiger partial charge in [-0.05, 0) is 37.2 Å². The Bertz CT molecular complexity index is 1400. The number of methoxy groups -OCH3 is 1. The number of piperidine rings is 1. The minimum atomic E-state index is -3.09. The van der Waals surface area contributed by atoms with Gasteiger partial charge in [-0.2, -0.15) is 0 Å². The third-order valence-corrected chi connectivity index (χ3v) is 6.13. The Morgan fingerprint density at radius 2 is 2.00 bits per heavy atom. The number of halogens is 2. The summed E-state index contributed by atoms with van der Waals surface area (Å²) >= 11 is 0. The first-order valence-electron chi connectivity index (χ1n) is 10.9. The summed E-state index contributed by atoms with van der Waals surface area (Å²) in [5.41, 5.74) is 2.35. The van der Waals surface area contributed by atoms with Crippen LogP contribution in [0.4, 0.5) is 8.78 Å². The number of pyridine rings is 2. The molecule has 1 aliphatic heterocycles. The topological polar surface area (TPSA) is 65.2 Å². The molecule has 0 unspecified atom stereocenters. The maximum absolute atomic E-state index is 15.1. The molecule has 1 aromatic carbocycles. The summed E-state index contributed by atoms with van der Waals surface area (Å²) in [5, 5.41) is 0.583. The van der Waals surface area contributed by atoms with Crippen molar-refractivity contribution in [2.45, 2.75) is 18.4 Å². The van der Waals surface area contributed by atoms with Crippen molar-refractivity contribution in [3.63, 3.8) is 0 Å². The molecule has 5 rings (SSSR count). The Balaban J connectivity index is 1.78. The molecule has 0 radical (unpaired) electrons. The van der Waals surface area contributed by atoms with Gasteiger partial charge in [0.25, 0.3) is 5.92 Å². The van der Waals surface area contributed by atoms with Crippen LogP contribution >= 0.6 is 0 Å². The van der Waals surface area contributed by atoms with Crippen molar-refractivity contribution in [2.75, 3.05) is 27.2 Å². The van der Waals surface area contributed by atoms with Crippen molar-refractivity contribution in [1.82, 2.24) is 24.0 Å². The van der Waals surface area contributed by atoms with Crippen molar-refractivity contribution >= 4 is 21.9 Å². The van der Waals surface area contributed by atoms with Crippen LogP contribution in [0.1, 0.15) is 13.8 Å². The van der Waals surface area contributed by atoms with Crippen molar-refractivity contribution in [1.29, 1.82) is 0 Å². The number of fused-ring (bicyclic) bond motifs is 3. The number of nitrogens with zero attached hydrogens (tertiary/aromatic N) is 5. The van der Waals surface area contributed by atoms with Crippen LogP contribution < -0.4 is 10.4 Å². The fourth-order valence-corrected chi connectivity index (χ4v) is 4.50. The first-order chi connectivity index (χ1) is 15.8. The predicted molar refractivity (Wildman–Crippen MR) is 118 cm³/mol. The van der Waals surface area contributed by atoms with E-state index in [0.717, 1.165) is 11.1 Å². The van der Waals surface area contributed by atoms with E-state index in [4.69, 9.17) is 6.11 Å². The Hall–Kier alpha value is -3.33. The SMILES string of the molecule is [2H]Cn1c(=O)n([C@@H]2CCN(C)CC2(F)F)c2c3cc(-c4ccc(OC)nc4)ccc3ncc21. The zero-order valence-corrected chi connectivity index (χ0v) is 17.8. The molecule has 0 N–H and O–H groups in total. The molecular weight excluding hydrogens is 416 g/mol. The molecule has 1 aliphatic rings. The first-order valence-corrected chi connectivity index (χ1v) is 10.2. The van der Waals surface area contributed by atoms with Crippen LogP contribution in [-0.2, 0) is 7.02 Å². The zero-order chi connectivity index (χ0) is 23.3. The van der Waals surface area contributed by atoms with Gasteiger partial charge >= 0.3 is 5.69 Å². The van der Waals surface area contributed by atoms with E-state index in [1.54, 1.807) is 30.3 Å². The number of alkyl halides is 2. The Morgan fingerprint density at radius 1 is 1.19 bits per heavy atom. The van der Waals surface area contributed by atoms with Gasteiger partial charge < -0.3 is 9.64 Å². The third-order valence-electron chi connectivity index (χ3n) is 6.13. The predicted octanol–water partition coefficient (Wildman–Crippen LogP) is 3.47. The number of aryl methyl sites for hydroxylation is 1. The normalized spacial score (nSPS) is 19.4. The second kappa shape index (κ2) is 7.37. The molecule has 0 saturated carbocycles. The quantitative estimate of drug-likeness (QED) is 0.488. The number of ether oxygens (including phenoxy) is 1. The van der Waals surface area contributed by atoms with E-state index >= 15 is 8.78 Å². The molecule has 0 amide bonds. The molecular formula is C23H23F2N5O2. The Kier molecular flexibility index (Phi) is 4.46. The Morgan fingerprint density at radius 3 is 2.69 bits per heavy atom. The molecule has 1 atom stereocenters. The monoisotopic (exact) mass is 440 g/mol. The summed E-state index contributed by atoms with van der Waals surface area (Å²) in [6, 6.07) is 7.81. The minimum Gasteiger partial charge on any atom is -0.481 e. The molecule has 4 aromatic rings. The first kappa shape index (κ1) is 19.4. The number of benzene rings is 1. The van der Waals surface area contributed by atoms with Gasteiger partial charge in [0.1, 0.15) is 6.04 Å². The molecule has 0 spiro atoms.